The van der Waals surface area contributed by atoms with Crippen LogP contribution in [0.2, 0.25) is 0 Å². The van der Waals surface area contributed by atoms with E-state index in [1.165, 1.54) is 31.5 Å². The van der Waals surface area contributed by atoms with Crippen LogP contribution in [0.4, 0.5) is 0 Å². The van der Waals surface area contributed by atoms with E-state index in [1.807, 2.05) is 24.5 Å². The maximum absolute atomic E-state index is 6.09. The van der Waals surface area contributed by atoms with Crippen molar-refractivity contribution in [1.29, 1.82) is 0 Å². The number of pyridine rings is 1. The minimum absolute atomic E-state index is 0.449. The largest absolute Gasteiger partial charge is 0.381 e. The molecule has 3 fully saturated rings. The fraction of sp³-hybridized carbons (Fsp3) is 0.750. The summed E-state index contributed by atoms with van der Waals surface area (Å²) in [6, 6.07) is 4.03. The van der Waals surface area contributed by atoms with E-state index in [-0.39, 0.29) is 0 Å². The van der Waals surface area contributed by atoms with Crippen LogP contribution in [-0.2, 0) is 20.8 Å². The molecule has 0 saturated carbocycles. The Kier molecular flexibility index (Phi) is 5.98. The van der Waals surface area contributed by atoms with Crippen LogP contribution in [0.15, 0.2) is 24.5 Å². The summed E-state index contributed by atoms with van der Waals surface area (Å²) in [7, 11) is 0. The van der Waals surface area contributed by atoms with Crippen molar-refractivity contribution in [3.8, 4) is 0 Å². The van der Waals surface area contributed by atoms with Gasteiger partial charge in [-0.2, -0.15) is 0 Å². The van der Waals surface area contributed by atoms with E-state index < -0.39 is 0 Å². The van der Waals surface area contributed by atoms with Crippen molar-refractivity contribution in [3.05, 3.63) is 30.1 Å². The van der Waals surface area contributed by atoms with Gasteiger partial charge >= 0.3 is 0 Å². The van der Waals surface area contributed by atoms with E-state index >= 15 is 0 Å². The lowest BCUT2D eigenvalue weighted by Gasteiger charge is -2.27. The van der Waals surface area contributed by atoms with Crippen LogP contribution in [0.1, 0.15) is 24.8 Å². The van der Waals surface area contributed by atoms with Crippen LogP contribution < -0.4 is 0 Å². The lowest BCUT2D eigenvalue weighted by molar-refractivity contribution is 0.0474. The Hall–Kier alpha value is -1.01. The molecule has 1 aromatic heterocycles. The van der Waals surface area contributed by atoms with Crippen molar-refractivity contribution in [2.75, 3.05) is 46.1 Å². The van der Waals surface area contributed by atoms with Crippen LogP contribution in [0.3, 0.4) is 0 Å². The Labute approximate surface area is 150 Å². The van der Waals surface area contributed by atoms with Crippen molar-refractivity contribution in [3.63, 3.8) is 0 Å². The van der Waals surface area contributed by atoms with Gasteiger partial charge in [-0.1, -0.05) is 0 Å². The molecule has 4 heterocycles. The van der Waals surface area contributed by atoms with E-state index in [0.29, 0.717) is 24.5 Å². The Bertz CT molecular complexity index is 521. The van der Waals surface area contributed by atoms with Gasteiger partial charge in [0.1, 0.15) is 0 Å². The monoisotopic (exact) mass is 346 g/mol. The molecule has 3 saturated heterocycles. The topological polar surface area (TPSA) is 43.8 Å². The second kappa shape index (κ2) is 8.58. The highest BCUT2D eigenvalue weighted by molar-refractivity contribution is 5.07. The molecule has 0 bridgehead atoms. The number of ether oxygens (including phenoxy) is 3. The second-order valence-electron chi connectivity index (χ2n) is 7.77. The summed E-state index contributed by atoms with van der Waals surface area (Å²) in [4.78, 5) is 6.67. The van der Waals surface area contributed by atoms with Gasteiger partial charge in [0.2, 0.25) is 0 Å². The molecule has 0 radical (unpaired) electrons. The standard InChI is InChI=1S/C20H30N2O3/c1-6-21-7-2-17(1)14-24-10-5-18-15-25-20-13-22(12-19(18)20)11-16-3-8-23-9-4-16/h1-2,6-7,16,18-20H,3-5,8-15H2/t18-,19-,20-/m0/s1. The van der Waals surface area contributed by atoms with Gasteiger partial charge in [0.25, 0.3) is 0 Å². The summed E-state index contributed by atoms with van der Waals surface area (Å²) in [5, 5.41) is 0. The van der Waals surface area contributed by atoms with Gasteiger partial charge in [0.05, 0.1) is 19.3 Å². The second-order valence-corrected chi connectivity index (χ2v) is 7.77. The average Bonchev–Trinajstić information content (AvgIpc) is 3.21. The van der Waals surface area contributed by atoms with E-state index in [0.717, 1.165) is 45.3 Å². The lowest BCUT2D eigenvalue weighted by atomic mass is 9.91. The Morgan fingerprint density at radius 2 is 2.00 bits per heavy atom. The maximum Gasteiger partial charge on any atom is 0.0745 e. The van der Waals surface area contributed by atoms with E-state index in [4.69, 9.17) is 14.2 Å². The minimum Gasteiger partial charge on any atom is -0.381 e. The summed E-state index contributed by atoms with van der Waals surface area (Å²) in [5.74, 6) is 2.17. The lowest BCUT2D eigenvalue weighted by Crippen LogP contribution is -2.32. The minimum atomic E-state index is 0.449. The predicted octanol–water partition coefficient (Wildman–Crippen LogP) is 2.36. The molecule has 0 spiro atoms. The van der Waals surface area contributed by atoms with Gasteiger partial charge in [-0.3, -0.25) is 4.98 Å². The summed E-state index contributed by atoms with van der Waals surface area (Å²) >= 11 is 0. The SMILES string of the molecule is c1cc(COCC[C@H]2CO[C@H]3CN(CC4CCOCC4)C[C@@H]23)ccn1. The zero-order valence-electron chi connectivity index (χ0n) is 15.0. The molecule has 0 aliphatic carbocycles. The smallest absolute Gasteiger partial charge is 0.0745 e. The number of fused-ring (bicyclic) bond motifs is 1. The van der Waals surface area contributed by atoms with Crippen LogP contribution in [0.25, 0.3) is 0 Å². The van der Waals surface area contributed by atoms with Crippen molar-refractivity contribution in [2.45, 2.75) is 32.0 Å². The number of aromatic nitrogens is 1. The number of nitrogens with zero attached hydrogens (tertiary/aromatic N) is 2. The molecular weight excluding hydrogens is 316 g/mol. The fourth-order valence-corrected chi connectivity index (χ4v) is 4.52. The van der Waals surface area contributed by atoms with Gasteiger partial charge in [0.15, 0.2) is 0 Å². The molecule has 5 heteroatoms. The first kappa shape index (κ1) is 17.4. The number of rotatable bonds is 7. The zero-order valence-corrected chi connectivity index (χ0v) is 15.0. The first-order valence-corrected chi connectivity index (χ1v) is 9.77. The number of hydrogen-bond acceptors (Lipinski definition) is 5. The molecule has 4 rings (SSSR count). The van der Waals surface area contributed by atoms with Crippen LogP contribution in [-0.4, -0.2) is 62.0 Å². The molecule has 3 atom stereocenters. The summed E-state index contributed by atoms with van der Waals surface area (Å²) in [5.41, 5.74) is 1.19. The summed E-state index contributed by atoms with van der Waals surface area (Å²) in [6.45, 7) is 7.86. The highest BCUT2D eigenvalue weighted by atomic mass is 16.5. The first-order chi connectivity index (χ1) is 12.4. The fourth-order valence-electron chi connectivity index (χ4n) is 4.52. The molecule has 138 valence electrons. The van der Waals surface area contributed by atoms with Crippen LogP contribution in [0.5, 0.6) is 0 Å². The molecule has 1 aromatic rings. The molecule has 5 nitrogen and oxygen atoms in total. The van der Waals surface area contributed by atoms with Crippen LogP contribution >= 0.6 is 0 Å². The van der Waals surface area contributed by atoms with Crippen molar-refractivity contribution in [1.82, 2.24) is 9.88 Å². The molecule has 0 amide bonds. The molecule has 0 aromatic carbocycles. The molecule has 3 aliphatic rings. The molecular formula is C20H30N2O3. The quantitative estimate of drug-likeness (QED) is 0.709. The van der Waals surface area contributed by atoms with Crippen molar-refractivity contribution < 1.29 is 14.2 Å². The highest BCUT2D eigenvalue weighted by Gasteiger charge is 2.43. The van der Waals surface area contributed by atoms with E-state index in [1.54, 1.807) is 0 Å². The molecule has 0 unspecified atom stereocenters. The van der Waals surface area contributed by atoms with Crippen LogP contribution in [0, 0.1) is 17.8 Å². The van der Waals surface area contributed by atoms with Gasteiger partial charge in [0, 0.05) is 57.8 Å². The van der Waals surface area contributed by atoms with Gasteiger partial charge < -0.3 is 19.1 Å². The summed E-state index contributed by atoms with van der Waals surface area (Å²) < 4.78 is 17.4. The molecule has 0 N–H and O–H groups in total. The third-order valence-electron chi connectivity index (χ3n) is 6.02. The van der Waals surface area contributed by atoms with Gasteiger partial charge in [-0.05, 0) is 48.8 Å². The number of likely N-dealkylation sites (tertiary alicyclic amines) is 1. The normalized spacial score (nSPS) is 30.6. The average molecular weight is 346 g/mol. The third kappa shape index (κ3) is 4.59. The zero-order chi connectivity index (χ0) is 16.9. The highest BCUT2D eigenvalue weighted by Crippen LogP contribution is 2.36. The number of hydrogen-bond donors (Lipinski definition) is 0. The Morgan fingerprint density at radius 1 is 1.16 bits per heavy atom. The maximum atomic E-state index is 6.09. The Morgan fingerprint density at radius 3 is 2.84 bits per heavy atom. The summed E-state index contributed by atoms with van der Waals surface area (Å²) in [6.07, 6.45) is 7.64. The van der Waals surface area contributed by atoms with Crippen molar-refractivity contribution >= 4 is 0 Å². The van der Waals surface area contributed by atoms with Gasteiger partial charge in [-0.25, -0.2) is 0 Å². The third-order valence-corrected chi connectivity index (χ3v) is 6.02. The first-order valence-electron chi connectivity index (χ1n) is 9.77. The van der Waals surface area contributed by atoms with E-state index in [9.17, 15) is 0 Å². The molecule has 3 aliphatic heterocycles. The van der Waals surface area contributed by atoms with Crippen molar-refractivity contribution in [2.24, 2.45) is 17.8 Å². The molecule has 25 heavy (non-hydrogen) atoms. The predicted molar refractivity (Wildman–Crippen MR) is 95.2 cm³/mol. The Balaban J connectivity index is 1.18. The van der Waals surface area contributed by atoms with E-state index in [2.05, 4.69) is 9.88 Å². The van der Waals surface area contributed by atoms with Gasteiger partial charge in [-0.15, -0.1) is 0 Å².